The van der Waals surface area contributed by atoms with Crippen molar-refractivity contribution in [1.29, 1.82) is 0 Å². The van der Waals surface area contributed by atoms with Gasteiger partial charge in [-0.15, -0.1) is 0 Å². The van der Waals surface area contributed by atoms with E-state index in [1.807, 2.05) is 26.8 Å². The average molecular weight is 455 g/mol. The fraction of sp³-hybridized carbons (Fsp3) is 0.500. The molecule has 0 aliphatic carbocycles. The van der Waals surface area contributed by atoms with Gasteiger partial charge < -0.3 is 14.2 Å². The quantitative estimate of drug-likeness (QED) is 0.700. The van der Waals surface area contributed by atoms with Gasteiger partial charge in [-0.2, -0.15) is 4.31 Å². The predicted octanol–water partition coefficient (Wildman–Crippen LogP) is 3.77. The molecule has 0 fully saturated rings. The Morgan fingerprint density at radius 1 is 1.26 bits per heavy atom. The predicted molar refractivity (Wildman–Crippen MR) is 116 cm³/mol. The number of aromatic nitrogens is 1. The summed E-state index contributed by atoms with van der Waals surface area (Å²) in [5, 5.41) is 0. The number of methoxy groups -OCH3 is 1. The third-order valence-corrected chi connectivity index (χ3v) is 6.36. The highest BCUT2D eigenvalue weighted by molar-refractivity contribution is 7.89. The summed E-state index contributed by atoms with van der Waals surface area (Å²) >= 11 is 0. The zero-order chi connectivity index (χ0) is 23.1. The monoisotopic (exact) mass is 454 g/mol. The number of sulfonamides is 1. The van der Waals surface area contributed by atoms with Gasteiger partial charge >= 0.3 is 0 Å². The minimum absolute atomic E-state index is 0.0417. The highest BCUT2D eigenvalue weighted by Crippen LogP contribution is 2.29. The van der Waals surface area contributed by atoms with Crippen LogP contribution in [0.5, 0.6) is 5.75 Å². The lowest BCUT2D eigenvalue weighted by molar-refractivity contribution is 0.0397. The number of hydrogen-bond acceptors (Lipinski definition) is 6. The first-order valence-electron chi connectivity index (χ1n) is 10.1. The van der Waals surface area contributed by atoms with E-state index in [-0.39, 0.29) is 42.5 Å². The lowest BCUT2D eigenvalue weighted by atomic mass is 10.2. The Balaban J connectivity index is 0.000000501. The summed E-state index contributed by atoms with van der Waals surface area (Å²) in [7, 11) is -2.25. The first-order valence-corrected chi connectivity index (χ1v) is 11.5. The highest BCUT2D eigenvalue weighted by atomic mass is 32.2. The zero-order valence-corrected chi connectivity index (χ0v) is 19.5. The molecule has 0 bridgehead atoms. The summed E-state index contributed by atoms with van der Waals surface area (Å²) < 4.78 is 57.0. The summed E-state index contributed by atoms with van der Waals surface area (Å²) in [6.45, 7) is 8.97. The minimum atomic E-state index is -3.96. The molecular formula is C22H31FN2O5S. The van der Waals surface area contributed by atoms with E-state index in [0.717, 1.165) is 11.6 Å². The Labute approximate surface area is 184 Å². The molecule has 0 saturated carbocycles. The van der Waals surface area contributed by atoms with Gasteiger partial charge in [-0.3, -0.25) is 4.98 Å². The van der Waals surface area contributed by atoms with E-state index in [1.54, 1.807) is 26.3 Å². The standard InChI is InChI=1S/C17H19FN2O4S.C5H12O/c1-2-24-16-6-5-14(18)10-17(16)25(21,22)20-8-9-23-12-15-13(11-20)4-3-7-19-15;1-5(2,3)6-4/h3-7,10H,2,8-9,11-12H2,1H3;1-4H3. The Hall–Kier alpha value is -2.07. The summed E-state index contributed by atoms with van der Waals surface area (Å²) in [5.74, 6) is -0.495. The third-order valence-electron chi connectivity index (χ3n) is 4.49. The maximum atomic E-state index is 13.7. The van der Waals surface area contributed by atoms with Gasteiger partial charge in [-0.1, -0.05) is 6.07 Å². The minimum Gasteiger partial charge on any atom is -0.492 e. The molecule has 31 heavy (non-hydrogen) atoms. The number of benzene rings is 1. The van der Waals surface area contributed by atoms with E-state index in [4.69, 9.17) is 14.2 Å². The van der Waals surface area contributed by atoms with E-state index in [1.165, 1.54) is 16.4 Å². The lowest BCUT2D eigenvalue weighted by Gasteiger charge is -2.26. The van der Waals surface area contributed by atoms with Gasteiger partial charge in [0, 0.05) is 26.4 Å². The molecule has 0 unspecified atom stereocenters. The molecule has 1 aromatic heterocycles. The van der Waals surface area contributed by atoms with Crippen LogP contribution in [0.25, 0.3) is 0 Å². The van der Waals surface area contributed by atoms with Crippen LogP contribution in [-0.2, 0) is 32.6 Å². The fourth-order valence-corrected chi connectivity index (χ4v) is 4.20. The second-order valence-corrected chi connectivity index (χ2v) is 9.75. The van der Waals surface area contributed by atoms with Crippen LogP contribution >= 0.6 is 0 Å². The molecule has 0 radical (unpaired) electrons. The maximum absolute atomic E-state index is 13.7. The second-order valence-electron chi connectivity index (χ2n) is 7.84. The molecule has 1 aromatic carbocycles. The zero-order valence-electron chi connectivity index (χ0n) is 18.7. The molecule has 7 nitrogen and oxygen atoms in total. The summed E-state index contributed by atoms with van der Waals surface area (Å²) in [6.07, 6.45) is 1.64. The van der Waals surface area contributed by atoms with Crippen LogP contribution in [-0.4, -0.2) is 50.2 Å². The second kappa shape index (κ2) is 11.0. The Morgan fingerprint density at radius 2 is 1.97 bits per heavy atom. The molecule has 0 saturated heterocycles. The lowest BCUT2D eigenvalue weighted by Crippen LogP contribution is -2.35. The highest BCUT2D eigenvalue weighted by Gasteiger charge is 2.30. The normalized spacial score (nSPS) is 15.2. The number of ether oxygens (including phenoxy) is 3. The van der Waals surface area contributed by atoms with Crippen LogP contribution in [0.15, 0.2) is 41.4 Å². The SMILES string of the molecule is CCOc1ccc(F)cc1S(=O)(=O)N1CCOCc2ncccc2C1.COC(C)(C)C. The van der Waals surface area contributed by atoms with Gasteiger partial charge in [0.05, 0.1) is 31.1 Å². The van der Waals surface area contributed by atoms with Crippen molar-refractivity contribution in [1.82, 2.24) is 9.29 Å². The number of hydrogen-bond donors (Lipinski definition) is 0. The number of pyridine rings is 1. The molecule has 0 atom stereocenters. The van der Waals surface area contributed by atoms with Gasteiger partial charge in [0.15, 0.2) is 0 Å². The molecule has 2 aromatic rings. The third kappa shape index (κ3) is 7.24. The molecule has 172 valence electrons. The van der Waals surface area contributed by atoms with Gasteiger partial charge in [0.2, 0.25) is 10.0 Å². The fourth-order valence-electron chi connectivity index (χ4n) is 2.65. The number of rotatable bonds is 4. The molecule has 3 rings (SSSR count). The van der Waals surface area contributed by atoms with Crippen LogP contribution in [0.1, 0.15) is 39.0 Å². The topological polar surface area (TPSA) is 78.0 Å². The van der Waals surface area contributed by atoms with E-state index >= 15 is 0 Å². The van der Waals surface area contributed by atoms with Crippen molar-refractivity contribution >= 4 is 10.0 Å². The van der Waals surface area contributed by atoms with Crippen molar-refractivity contribution in [2.75, 3.05) is 26.9 Å². The van der Waals surface area contributed by atoms with Crippen molar-refractivity contribution in [3.8, 4) is 5.75 Å². The smallest absolute Gasteiger partial charge is 0.247 e. The Morgan fingerprint density at radius 3 is 2.61 bits per heavy atom. The van der Waals surface area contributed by atoms with Crippen molar-refractivity contribution in [3.05, 3.63) is 53.6 Å². The average Bonchev–Trinajstić information content (AvgIpc) is 2.70. The van der Waals surface area contributed by atoms with E-state index in [0.29, 0.717) is 12.3 Å². The molecule has 1 aliphatic rings. The summed E-state index contributed by atoms with van der Waals surface area (Å²) in [6, 6.07) is 7.07. The Kier molecular flexibility index (Phi) is 8.93. The van der Waals surface area contributed by atoms with Crippen molar-refractivity contribution in [2.24, 2.45) is 0 Å². The number of fused-ring (bicyclic) bond motifs is 1. The maximum Gasteiger partial charge on any atom is 0.247 e. The van der Waals surface area contributed by atoms with Crippen LogP contribution in [0, 0.1) is 5.82 Å². The van der Waals surface area contributed by atoms with Gasteiger partial charge in [0.1, 0.15) is 16.5 Å². The van der Waals surface area contributed by atoms with Gasteiger partial charge in [0.25, 0.3) is 0 Å². The van der Waals surface area contributed by atoms with Crippen LogP contribution in [0.3, 0.4) is 0 Å². The molecule has 0 N–H and O–H groups in total. The van der Waals surface area contributed by atoms with Crippen LogP contribution in [0.2, 0.25) is 0 Å². The van der Waals surface area contributed by atoms with Gasteiger partial charge in [-0.05, 0) is 57.5 Å². The molecule has 0 amide bonds. The number of halogens is 1. The molecule has 9 heteroatoms. The van der Waals surface area contributed by atoms with Crippen molar-refractivity contribution in [3.63, 3.8) is 0 Å². The van der Waals surface area contributed by atoms with Crippen molar-refractivity contribution in [2.45, 2.75) is 51.3 Å². The van der Waals surface area contributed by atoms with E-state index in [9.17, 15) is 12.8 Å². The number of nitrogens with zero attached hydrogens (tertiary/aromatic N) is 2. The summed E-state index contributed by atoms with van der Waals surface area (Å²) in [4.78, 5) is 4.06. The van der Waals surface area contributed by atoms with Gasteiger partial charge in [-0.25, -0.2) is 12.8 Å². The largest absolute Gasteiger partial charge is 0.492 e. The van der Waals surface area contributed by atoms with Crippen LogP contribution in [0.4, 0.5) is 4.39 Å². The molecule has 2 heterocycles. The first kappa shape index (κ1) is 25.2. The molecule has 0 spiro atoms. The van der Waals surface area contributed by atoms with Crippen LogP contribution < -0.4 is 4.74 Å². The van der Waals surface area contributed by atoms with E-state index in [2.05, 4.69) is 4.98 Å². The van der Waals surface area contributed by atoms with E-state index < -0.39 is 15.8 Å². The molecular weight excluding hydrogens is 423 g/mol. The first-order chi connectivity index (χ1) is 14.6. The molecule has 1 aliphatic heterocycles. The Bertz CT molecular complexity index is 961. The van der Waals surface area contributed by atoms with Crippen molar-refractivity contribution < 1.29 is 27.0 Å². The summed E-state index contributed by atoms with van der Waals surface area (Å²) in [5.41, 5.74) is 1.51.